The number of hydrogen-bond donors (Lipinski definition) is 0. The third-order valence-electron chi connectivity index (χ3n) is 1.90. The Morgan fingerprint density at radius 1 is 1.29 bits per heavy atom. The number of anilines is 1. The van der Waals surface area contributed by atoms with E-state index in [9.17, 15) is 4.79 Å². The minimum Gasteiger partial charge on any atom is -0.425 e. The summed E-state index contributed by atoms with van der Waals surface area (Å²) in [5, 5.41) is 0.512. The molecule has 2 aromatic rings. The fourth-order valence-electron chi connectivity index (χ4n) is 1.19. The zero-order valence-corrected chi connectivity index (χ0v) is 8.02. The van der Waals surface area contributed by atoms with Crippen LogP contribution in [0.4, 0.5) is 6.01 Å². The van der Waals surface area contributed by atoms with Crippen molar-refractivity contribution < 1.29 is 4.42 Å². The van der Waals surface area contributed by atoms with E-state index in [1.54, 1.807) is 37.2 Å². The van der Waals surface area contributed by atoms with Gasteiger partial charge in [0.15, 0.2) is 0 Å². The van der Waals surface area contributed by atoms with Crippen molar-refractivity contribution in [2.75, 3.05) is 19.0 Å². The Labute approximate surface area is 80.8 Å². The highest BCUT2D eigenvalue weighted by molar-refractivity contribution is 5.75. The quantitative estimate of drug-likeness (QED) is 0.679. The number of benzene rings is 1. The van der Waals surface area contributed by atoms with E-state index in [2.05, 4.69) is 4.98 Å². The average Bonchev–Trinajstić information content (AvgIpc) is 2.17. The van der Waals surface area contributed by atoms with Crippen LogP contribution in [0, 0.1) is 0 Å². The van der Waals surface area contributed by atoms with Gasteiger partial charge in [0.2, 0.25) is 0 Å². The van der Waals surface area contributed by atoms with Gasteiger partial charge in [0.05, 0.1) is 5.39 Å². The first-order chi connectivity index (χ1) is 6.68. The molecular weight excluding hydrogens is 180 g/mol. The SMILES string of the molecule is CN(C)c1nc(=O)c2ccccc2o1. The second kappa shape index (κ2) is 3.14. The van der Waals surface area contributed by atoms with Gasteiger partial charge in [0, 0.05) is 14.1 Å². The molecule has 14 heavy (non-hydrogen) atoms. The molecule has 2 rings (SSSR count). The maximum absolute atomic E-state index is 11.5. The van der Waals surface area contributed by atoms with Crippen molar-refractivity contribution in [3.05, 3.63) is 34.6 Å². The van der Waals surface area contributed by atoms with Gasteiger partial charge in [-0.05, 0) is 12.1 Å². The summed E-state index contributed by atoms with van der Waals surface area (Å²) in [6, 6.07) is 7.40. The molecule has 1 heterocycles. The summed E-state index contributed by atoms with van der Waals surface area (Å²) in [5.41, 5.74) is 0.312. The monoisotopic (exact) mass is 190 g/mol. The van der Waals surface area contributed by atoms with Crippen molar-refractivity contribution in [3.8, 4) is 0 Å². The molecule has 1 aromatic heterocycles. The Bertz CT molecular complexity index is 517. The van der Waals surface area contributed by atoms with Crippen molar-refractivity contribution in [3.63, 3.8) is 0 Å². The summed E-state index contributed by atoms with van der Waals surface area (Å²) in [5.74, 6) is 0. The summed E-state index contributed by atoms with van der Waals surface area (Å²) >= 11 is 0. The molecule has 72 valence electrons. The Morgan fingerprint density at radius 3 is 2.71 bits per heavy atom. The predicted molar refractivity (Wildman–Crippen MR) is 54.6 cm³/mol. The van der Waals surface area contributed by atoms with Gasteiger partial charge in [-0.2, -0.15) is 4.98 Å². The van der Waals surface area contributed by atoms with E-state index in [4.69, 9.17) is 4.42 Å². The standard InChI is InChI=1S/C10H10N2O2/c1-12(2)10-11-9(13)7-5-3-4-6-8(7)14-10/h3-6H,1-2H3. The van der Waals surface area contributed by atoms with Crippen molar-refractivity contribution in [2.24, 2.45) is 0 Å². The van der Waals surface area contributed by atoms with Crippen LogP contribution in [0.1, 0.15) is 0 Å². The van der Waals surface area contributed by atoms with Crippen LogP contribution < -0.4 is 10.5 Å². The summed E-state index contributed by atoms with van der Waals surface area (Å²) < 4.78 is 5.42. The van der Waals surface area contributed by atoms with Crippen molar-refractivity contribution in [1.29, 1.82) is 0 Å². The molecule has 0 radical (unpaired) electrons. The van der Waals surface area contributed by atoms with Gasteiger partial charge >= 0.3 is 6.01 Å². The zero-order valence-electron chi connectivity index (χ0n) is 8.02. The molecule has 0 N–H and O–H groups in total. The number of rotatable bonds is 1. The summed E-state index contributed by atoms with van der Waals surface area (Å²) in [6.07, 6.45) is 0. The van der Waals surface area contributed by atoms with E-state index in [0.717, 1.165) is 0 Å². The maximum Gasteiger partial charge on any atom is 0.300 e. The van der Waals surface area contributed by atoms with Crippen LogP contribution >= 0.6 is 0 Å². The first kappa shape index (κ1) is 8.74. The van der Waals surface area contributed by atoms with Gasteiger partial charge in [-0.3, -0.25) is 4.79 Å². The van der Waals surface area contributed by atoms with Gasteiger partial charge in [0.1, 0.15) is 5.58 Å². The molecule has 0 atom stereocenters. The third kappa shape index (κ3) is 1.35. The highest BCUT2D eigenvalue weighted by Crippen LogP contribution is 2.13. The molecular formula is C10H10N2O2. The van der Waals surface area contributed by atoms with Crippen LogP contribution in [-0.2, 0) is 0 Å². The van der Waals surface area contributed by atoms with E-state index >= 15 is 0 Å². The van der Waals surface area contributed by atoms with Gasteiger partial charge in [0.25, 0.3) is 5.56 Å². The van der Waals surface area contributed by atoms with Crippen LogP contribution in [0.2, 0.25) is 0 Å². The Balaban J connectivity index is 2.79. The first-order valence-corrected chi connectivity index (χ1v) is 4.25. The molecule has 0 spiro atoms. The zero-order chi connectivity index (χ0) is 10.1. The number of aromatic nitrogens is 1. The van der Waals surface area contributed by atoms with E-state index < -0.39 is 0 Å². The molecule has 0 bridgehead atoms. The molecule has 0 saturated carbocycles. The lowest BCUT2D eigenvalue weighted by Gasteiger charge is -2.08. The smallest absolute Gasteiger partial charge is 0.300 e. The summed E-state index contributed by atoms with van der Waals surface area (Å²) in [4.78, 5) is 17.0. The minimum absolute atomic E-state index is 0.254. The van der Waals surface area contributed by atoms with E-state index in [1.165, 1.54) is 0 Å². The molecule has 4 nitrogen and oxygen atoms in total. The van der Waals surface area contributed by atoms with Gasteiger partial charge in [-0.25, -0.2) is 0 Å². The van der Waals surface area contributed by atoms with E-state index in [1.807, 2.05) is 6.07 Å². The van der Waals surface area contributed by atoms with Crippen LogP contribution in [0.3, 0.4) is 0 Å². The van der Waals surface area contributed by atoms with Gasteiger partial charge < -0.3 is 9.32 Å². The lowest BCUT2D eigenvalue weighted by molar-refractivity contribution is 0.573. The number of fused-ring (bicyclic) bond motifs is 1. The van der Waals surface area contributed by atoms with E-state index in [-0.39, 0.29) is 5.56 Å². The van der Waals surface area contributed by atoms with Gasteiger partial charge in [-0.1, -0.05) is 12.1 Å². The van der Waals surface area contributed by atoms with Crippen molar-refractivity contribution >= 4 is 17.0 Å². The maximum atomic E-state index is 11.5. The lowest BCUT2D eigenvalue weighted by Crippen LogP contribution is -2.16. The second-order valence-electron chi connectivity index (χ2n) is 3.19. The Hall–Kier alpha value is -1.84. The van der Waals surface area contributed by atoms with Crippen LogP contribution in [0.5, 0.6) is 0 Å². The fourth-order valence-corrected chi connectivity index (χ4v) is 1.19. The summed E-state index contributed by atoms with van der Waals surface area (Å²) in [6.45, 7) is 0. The molecule has 1 aromatic carbocycles. The van der Waals surface area contributed by atoms with Crippen molar-refractivity contribution in [2.45, 2.75) is 0 Å². The number of hydrogen-bond acceptors (Lipinski definition) is 4. The normalized spacial score (nSPS) is 10.4. The lowest BCUT2D eigenvalue weighted by atomic mass is 10.2. The van der Waals surface area contributed by atoms with Crippen LogP contribution in [0.25, 0.3) is 11.0 Å². The largest absolute Gasteiger partial charge is 0.425 e. The van der Waals surface area contributed by atoms with Gasteiger partial charge in [-0.15, -0.1) is 0 Å². The Morgan fingerprint density at radius 2 is 2.00 bits per heavy atom. The van der Waals surface area contributed by atoms with Crippen molar-refractivity contribution in [1.82, 2.24) is 4.98 Å². The molecule has 0 aliphatic carbocycles. The topological polar surface area (TPSA) is 46.3 Å². The highest BCUT2D eigenvalue weighted by atomic mass is 16.4. The Kier molecular flexibility index (Phi) is 1.96. The molecule has 0 amide bonds. The van der Waals surface area contributed by atoms with Crippen LogP contribution in [-0.4, -0.2) is 19.1 Å². The predicted octanol–water partition coefficient (Wildman–Crippen LogP) is 1.25. The fraction of sp³-hybridized carbons (Fsp3) is 0.200. The molecule has 0 unspecified atom stereocenters. The molecule has 0 aliphatic rings. The molecule has 0 aliphatic heterocycles. The molecule has 4 heteroatoms. The highest BCUT2D eigenvalue weighted by Gasteiger charge is 2.06. The third-order valence-corrected chi connectivity index (χ3v) is 1.90. The minimum atomic E-state index is -0.254. The first-order valence-electron chi connectivity index (χ1n) is 4.25. The summed E-state index contributed by atoms with van der Waals surface area (Å²) in [7, 11) is 3.56. The van der Waals surface area contributed by atoms with E-state index in [0.29, 0.717) is 17.0 Å². The number of nitrogens with zero attached hydrogens (tertiary/aromatic N) is 2. The van der Waals surface area contributed by atoms with Crippen LogP contribution in [0.15, 0.2) is 33.5 Å². The molecule has 0 saturated heterocycles. The second-order valence-corrected chi connectivity index (χ2v) is 3.19. The molecule has 0 fully saturated rings. The number of para-hydroxylation sites is 1. The average molecular weight is 190 g/mol.